The van der Waals surface area contributed by atoms with Crippen LogP contribution in [0.15, 0.2) is 109 Å². The van der Waals surface area contributed by atoms with Gasteiger partial charge in [-0.2, -0.15) is 55.9 Å². The minimum atomic E-state index is -4.45. The van der Waals surface area contributed by atoms with E-state index >= 15 is 0 Å². The predicted octanol–water partition coefficient (Wildman–Crippen LogP) is 11.4. The molecule has 11 aromatic rings. The lowest BCUT2D eigenvalue weighted by Crippen LogP contribution is -2.60. The molecule has 4 aliphatic heterocycles. The Balaban J connectivity index is 0.000000131. The highest BCUT2D eigenvalue weighted by Crippen LogP contribution is 2.44. The zero-order valence-electron chi connectivity index (χ0n) is 65.2. The van der Waals surface area contributed by atoms with Gasteiger partial charge in [-0.25, -0.2) is 38.7 Å². The standard InChI is InChI=1S/C16H20F3N3O2S.C16H24N4O2S.C15H18ClN3O.C15H17N5O3S.C14H20N4O2S/c1-15(2)8-10(4-5-22(15)25(3,23)24)12-6-11(16(17,18)19)7-14-13(12)9-20-21-14;1-5-12-8-14-13(10-17-18-14)15(9-12)19-6-7-20(23(4,21)22)16(2,3)11-19;1-9(20)18-12-4-2-10(3-5-12)13-6-11(16)7-15-14(13)8-17-19-15;1-24(21,22)20-5-3-19(4-6-20)14-9-11(15-16-2-7-23-15)8-13-12(14)10-17-18-13;1-3-11-8-13-12(10-15-16-13)14(9-11)17-4-6-18(7-5-17)21(2,19)20/h6-7,9-10H,4-5,8H2,1-3H3,(H,20,21);8-10H,5-7,11H2,1-4H3,(H,17,18);6-8,10,12H,2-5H2,1H3,(H,17,19)(H,18,20);2,7-10H,3-6H2,1H3,(H,17,18);8-10H,3-7H2,1-2H3,(H,15,16). The summed E-state index contributed by atoms with van der Waals surface area (Å²) in [6.45, 7) is 20.2. The molecule has 1 saturated carbocycles. The Bertz CT molecular complexity index is 5670. The summed E-state index contributed by atoms with van der Waals surface area (Å²) >= 11 is 6.19. The number of aromatic amines is 5. The Morgan fingerprint density at radius 1 is 0.513 bits per heavy atom. The van der Waals surface area contributed by atoms with E-state index in [1.54, 1.807) is 41.8 Å². The maximum Gasteiger partial charge on any atom is 0.416 e. The Kier molecular flexibility index (Phi) is 24.9. The van der Waals surface area contributed by atoms with E-state index in [-0.39, 0.29) is 18.4 Å². The number of halogens is 4. The molecule has 1 unspecified atom stereocenters. The quantitative estimate of drug-likeness (QED) is 0.0624. The van der Waals surface area contributed by atoms with E-state index in [1.165, 1.54) is 62.6 Å². The summed E-state index contributed by atoms with van der Waals surface area (Å²) in [7, 11) is -12.8. The zero-order chi connectivity index (χ0) is 81.3. The minimum absolute atomic E-state index is 0.0634. The van der Waals surface area contributed by atoms with Crippen LogP contribution in [0.1, 0.15) is 127 Å². The van der Waals surface area contributed by atoms with E-state index in [4.69, 9.17) is 16.0 Å². The van der Waals surface area contributed by atoms with Crippen molar-refractivity contribution in [1.82, 2.24) is 78.5 Å². The maximum absolute atomic E-state index is 13.2. The molecule has 1 aliphatic carbocycles. The second kappa shape index (κ2) is 33.6. The van der Waals surface area contributed by atoms with Gasteiger partial charge in [0.15, 0.2) is 0 Å². The molecular formula is C76H99ClF3N19O10S4. The van der Waals surface area contributed by atoms with Crippen LogP contribution in [0.3, 0.4) is 0 Å². The van der Waals surface area contributed by atoms with Crippen molar-refractivity contribution in [2.24, 2.45) is 0 Å². The van der Waals surface area contributed by atoms with Crippen LogP contribution < -0.4 is 20.0 Å². The lowest BCUT2D eigenvalue weighted by Gasteiger charge is -2.46. The number of aryl methyl sites for hydroxylation is 2. The molecule has 5 aliphatic rings. The third-order valence-corrected chi connectivity index (χ3v) is 27.7. The average molecular weight is 1660 g/mol. The molecule has 10 heterocycles. The second-order valence-corrected chi connectivity index (χ2v) is 39.2. The molecule has 6 N–H and O–H groups in total. The Labute approximate surface area is 661 Å². The number of nitrogens with one attached hydrogen (secondary N) is 6. The molecule has 1 atom stereocenters. The van der Waals surface area contributed by atoms with Crippen molar-refractivity contribution in [3.8, 4) is 11.5 Å². The number of piperazine rings is 3. The number of hydrogen-bond donors (Lipinski definition) is 6. The van der Waals surface area contributed by atoms with Crippen LogP contribution in [-0.2, 0) is 63.9 Å². The molecule has 37 heteroatoms. The fourth-order valence-corrected chi connectivity index (χ4v) is 21.1. The molecule has 610 valence electrons. The molecule has 1 amide bonds. The number of sulfonamides is 4. The number of nitrogens with zero attached hydrogens (tertiary/aromatic N) is 13. The first-order valence-corrected chi connectivity index (χ1v) is 45.4. The molecule has 5 fully saturated rings. The molecule has 0 bridgehead atoms. The molecule has 6 aromatic heterocycles. The fourth-order valence-electron chi connectivity index (χ4n) is 16.4. The van der Waals surface area contributed by atoms with Gasteiger partial charge < -0.3 is 24.4 Å². The van der Waals surface area contributed by atoms with Gasteiger partial charge in [0.1, 0.15) is 6.26 Å². The number of benzene rings is 5. The highest BCUT2D eigenvalue weighted by Gasteiger charge is 2.43. The van der Waals surface area contributed by atoms with Crippen LogP contribution in [-0.4, -0.2) is 233 Å². The smallest absolute Gasteiger partial charge is 0.416 e. The van der Waals surface area contributed by atoms with Crippen LogP contribution in [0, 0.1) is 0 Å². The SMILES string of the molecule is CC(=O)NC1CCC(c2cc(Cl)cc3[nH]ncc23)CC1.CC1(C)CC(c2cc(C(F)(F)F)cc3[nH]ncc23)CCN1S(C)(=O)=O.CCc1cc(N2CCN(S(C)(=O)=O)C(C)(C)C2)c2cn[nH]c2c1.CCc1cc(N2CCN(S(C)(=O)=O)CC2)c2cn[nH]c2c1.CS(=O)(=O)N1CCN(c2cc(-c3ncco3)cc3[nH]ncc23)CC1. The highest BCUT2D eigenvalue weighted by atomic mass is 35.5. The second-order valence-electron chi connectivity index (χ2n) is 30.9. The van der Waals surface area contributed by atoms with Gasteiger partial charge in [-0.15, -0.1) is 0 Å². The summed E-state index contributed by atoms with van der Waals surface area (Å²) in [6.07, 6.45) is 19.6. The Morgan fingerprint density at radius 2 is 0.947 bits per heavy atom. The van der Waals surface area contributed by atoms with E-state index < -0.39 is 62.9 Å². The fraction of sp³-hybridized carbons (Fsp3) is 0.487. The number of amides is 1. The Morgan fingerprint density at radius 3 is 1.38 bits per heavy atom. The van der Waals surface area contributed by atoms with Crippen molar-refractivity contribution < 1.29 is 56.1 Å². The molecule has 16 rings (SSSR count). The number of piperidine rings is 1. The van der Waals surface area contributed by atoms with Gasteiger partial charge in [0.2, 0.25) is 51.9 Å². The summed E-state index contributed by atoms with van der Waals surface area (Å²) in [5, 5.41) is 43.8. The number of fused-ring (bicyclic) bond motifs is 5. The number of hydrogen-bond acceptors (Lipinski definition) is 19. The summed E-state index contributed by atoms with van der Waals surface area (Å²) in [5.74, 6) is 0.935. The summed E-state index contributed by atoms with van der Waals surface area (Å²) in [5.41, 5.74) is 11.0. The number of rotatable bonds is 13. The maximum atomic E-state index is 13.2. The summed E-state index contributed by atoms with van der Waals surface area (Å²) < 4.78 is 146. The molecule has 0 spiro atoms. The van der Waals surface area contributed by atoms with Gasteiger partial charge >= 0.3 is 6.18 Å². The molecule has 29 nitrogen and oxygen atoms in total. The van der Waals surface area contributed by atoms with Crippen LogP contribution in [0.2, 0.25) is 5.02 Å². The summed E-state index contributed by atoms with van der Waals surface area (Å²) in [4.78, 5) is 22.0. The van der Waals surface area contributed by atoms with E-state index in [1.807, 2.05) is 50.6 Å². The highest BCUT2D eigenvalue weighted by molar-refractivity contribution is 7.89. The zero-order valence-corrected chi connectivity index (χ0v) is 69.3. The van der Waals surface area contributed by atoms with Crippen molar-refractivity contribution in [1.29, 1.82) is 0 Å². The minimum Gasteiger partial charge on any atom is -0.445 e. The van der Waals surface area contributed by atoms with Gasteiger partial charge in [0.25, 0.3) is 0 Å². The van der Waals surface area contributed by atoms with Crippen LogP contribution in [0.4, 0.5) is 30.2 Å². The van der Waals surface area contributed by atoms with Crippen LogP contribution in [0.25, 0.3) is 66.0 Å². The van der Waals surface area contributed by atoms with Crippen molar-refractivity contribution in [3.63, 3.8) is 0 Å². The topological polar surface area (TPSA) is 358 Å². The van der Waals surface area contributed by atoms with Gasteiger partial charge in [-0.3, -0.25) is 30.3 Å². The van der Waals surface area contributed by atoms with Gasteiger partial charge in [0, 0.05) is 157 Å². The van der Waals surface area contributed by atoms with E-state index in [0.29, 0.717) is 119 Å². The van der Waals surface area contributed by atoms with E-state index in [0.717, 1.165) is 122 Å². The number of H-pyrrole nitrogens is 5. The monoisotopic (exact) mass is 1660 g/mol. The lowest BCUT2D eigenvalue weighted by atomic mass is 9.79. The van der Waals surface area contributed by atoms with Crippen molar-refractivity contribution >= 4 is 129 Å². The van der Waals surface area contributed by atoms with Gasteiger partial charge in [0.05, 0.1) is 95.4 Å². The number of carbonyl (C=O) groups is 1. The van der Waals surface area contributed by atoms with E-state index in [9.17, 15) is 51.6 Å². The van der Waals surface area contributed by atoms with Gasteiger partial charge in [-0.1, -0.05) is 25.4 Å². The summed E-state index contributed by atoms with van der Waals surface area (Å²) in [6, 6.07) is 19.1. The number of aromatic nitrogens is 11. The van der Waals surface area contributed by atoms with Crippen molar-refractivity contribution in [2.75, 3.05) is 118 Å². The molecular weight excluding hydrogens is 1560 g/mol. The number of anilines is 3. The third-order valence-electron chi connectivity index (χ3n) is 21.9. The van der Waals surface area contributed by atoms with Crippen LogP contribution in [0.5, 0.6) is 0 Å². The number of carbonyl (C=O) groups excluding carboxylic acids is 1. The van der Waals surface area contributed by atoms with Crippen molar-refractivity contribution in [2.45, 2.75) is 135 Å². The number of alkyl halides is 3. The van der Waals surface area contributed by atoms with E-state index in [2.05, 4.69) is 120 Å². The Hall–Kier alpha value is -8.75. The number of oxazole rings is 1. The first kappa shape index (κ1) is 83.7. The average Bonchev–Trinajstić information content (AvgIpc) is 1.29. The lowest BCUT2D eigenvalue weighted by molar-refractivity contribution is -0.137. The predicted molar refractivity (Wildman–Crippen MR) is 436 cm³/mol. The first-order chi connectivity index (χ1) is 53.3. The largest absolute Gasteiger partial charge is 0.445 e. The van der Waals surface area contributed by atoms with Crippen molar-refractivity contribution in [3.05, 3.63) is 137 Å². The van der Waals surface area contributed by atoms with Crippen LogP contribution >= 0.6 is 11.6 Å². The molecule has 5 aromatic carbocycles. The molecule has 113 heavy (non-hydrogen) atoms. The molecule has 0 radical (unpaired) electrons. The van der Waals surface area contributed by atoms with Gasteiger partial charge in [-0.05, 0) is 174 Å². The molecule has 4 saturated heterocycles. The first-order valence-electron chi connectivity index (χ1n) is 37.6. The normalized spacial score (nSPS) is 19.8. The third kappa shape index (κ3) is 19.6.